The van der Waals surface area contributed by atoms with E-state index in [1.165, 1.54) is 0 Å². The lowest BCUT2D eigenvalue weighted by atomic mass is 10.1. The van der Waals surface area contributed by atoms with Gasteiger partial charge in [-0.05, 0) is 30.2 Å². The lowest BCUT2D eigenvalue weighted by molar-refractivity contribution is -0.126. The summed E-state index contributed by atoms with van der Waals surface area (Å²) in [6.45, 7) is 0.282. The van der Waals surface area contributed by atoms with E-state index >= 15 is 0 Å². The lowest BCUT2D eigenvalue weighted by Crippen LogP contribution is -2.36. The first kappa shape index (κ1) is 14.8. The number of hydrogen-bond donors (Lipinski definition) is 2. The summed E-state index contributed by atoms with van der Waals surface area (Å²) >= 11 is 0. The van der Waals surface area contributed by atoms with Gasteiger partial charge in [-0.3, -0.25) is 14.6 Å². The van der Waals surface area contributed by atoms with E-state index in [-0.39, 0.29) is 18.4 Å². The summed E-state index contributed by atoms with van der Waals surface area (Å²) in [4.78, 5) is 27.1. The summed E-state index contributed by atoms with van der Waals surface area (Å²) in [7, 11) is 0. The van der Waals surface area contributed by atoms with Crippen molar-refractivity contribution in [1.29, 1.82) is 0 Å². The number of furan rings is 1. The van der Waals surface area contributed by atoms with Gasteiger partial charge in [0.15, 0.2) is 0 Å². The molecule has 2 aromatic heterocycles. The van der Waals surface area contributed by atoms with Crippen molar-refractivity contribution in [2.24, 2.45) is 0 Å². The Morgan fingerprint density at radius 2 is 2.05 bits per heavy atom. The van der Waals surface area contributed by atoms with Gasteiger partial charge in [0.1, 0.15) is 5.76 Å². The average molecular weight is 287 g/mol. The van der Waals surface area contributed by atoms with E-state index < -0.39 is 0 Å². The fraction of sp³-hybridized carbons (Fsp3) is 0.267. The number of hydrogen-bond acceptors (Lipinski definition) is 4. The van der Waals surface area contributed by atoms with Crippen molar-refractivity contribution in [1.82, 2.24) is 15.6 Å². The van der Waals surface area contributed by atoms with Gasteiger partial charge in [0.2, 0.25) is 11.8 Å². The van der Waals surface area contributed by atoms with Crippen molar-refractivity contribution in [3.8, 4) is 0 Å². The number of nitrogens with zero attached hydrogens (tertiary/aromatic N) is 1. The molecule has 0 saturated carbocycles. The molecule has 0 spiro atoms. The van der Waals surface area contributed by atoms with E-state index in [2.05, 4.69) is 15.6 Å². The number of rotatable bonds is 7. The Kier molecular flexibility index (Phi) is 5.51. The Morgan fingerprint density at radius 1 is 1.14 bits per heavy atom. The highest BCUT2D eigenvalue weighted by Crippen LogP contribution is 2.00. The molecule has 0 aromatic carbocycles. The summed E-state index contributed by atoms with van der Waals surface area (Å²) in [5.41, 5.74) is 0.995. The number of carbonyl (C=O) groups excluding carboxylic acids is 2. The Hall–Kier alpha value is -2.63. The molecule has 0 fully saturated rings. The Balaban J connectivity index is 1.61. The minimum Gasteiger partial charge on any atom is -0.467 e. The maximum Gasteiger partial charge on any atom is 0.239 e. The van der Waals surface area contributed by atoms with Gasteiger partial charge in [-0.15, -0.1) is 0 Å². The second-order valence-electron chi connectivity index (χ2n) is 4.49. The monoisotopic (exact) mass is 287 g/mol. The molecule has 0 saturated heterocycles. The van der Waals surface area contributed by atoms with Crippen LogP contribution in [-0.2, 0) is 22.6 Å². The summed E-state index contributed by atoms with van der Waals surface area (Å²) < 4.78 is 5.09. The molecule has 2 amide bonds. The number of nitrogens with one attached hydrogen (secondary N) is 2. The first-order valence-corrected chi connectivity index (χ1v) is 6.69. The van der Waals surface area contributed by atoms with Crippen LogP contribution in [0.4, 0.5) is 0 Å². The maximum absolute atomic E-state index is 11.6. The lowest BCUT2D eigenvalue weighted by Gasteiger charge is -2.06. The predicted octanol–water partition coefficient (Wildman–Crippen LogP) is 1.04. The van der Waals surface area contributed by atoms with Crippen LogP contribution >= 0.6 is 0 Å². The molecule has 6 heteroatoms. The molecule has 0 aliphatic rings. The molecular formula is C15H17N3O3. The molecular weight excluding hydrogens is 270 g/mol. The van der Waals surface area contributed by atoms with Crippen LogP contribution in [-0.4, -0.2) is 23.3 Å². The Bertz CT molecular complexity index is 567. The van der Waals surface area contributed by atoms with Gasteiger partial charge >= 0.3 is 0 Å². The number of pyridine rings is 1. The molecule has 2 heterocycles. The second-order valence-corrected chi connectivity index (χ2v) is 4.49. The van der Waals surface area contributed by atoms with Crippen LogP contribution in [0.1, 0.15) is 17.7 Å². The molecule has 0 bridgehead atoms. The zero-order valence-electron chi connectivity index (χ0n) is 11.5. The third-order valence-corrected chi connectivity index (χ3v) is 2.85. The van der Waals surface area contributed by atoms with Crippen molar-refractivity contribution < 1.29 is 14.0 Å². The van der Waals surface area contributed by atoms with Crippen molar-refractivity contribution in [2.75, 3.05) is 6.54 Å². The molecule has 0 radical (unpaired) electrons. The quantitative estimate of drug-likeness (QED) is 0.797. The molecule has 2 N–H and O–H groups in total. The van der Waals surface area contributed by atoms with Crippen LogP contribution in [0.2, 0.25) is 0 Å². The van der Waals surface area contributed by atoms with Gasteiger partial charge in [0, 0.05) is 18.8 Å². The summed E-state index contributed by atoms with van der Waals surface area (Å²) in [6.07, 6.45) is 5.89. The van der Waals surface area contributed by atoms with Gasteiger partial charge in [0.25, 0.3) is 0 Å². The van der Waals surface area contributed by atoms with E-state index in [0.29, 0.717) is 25.1 Å². The van der Waals surface area contributed by atoms with E-state index in [9.17, 15) is 9.59 Å². The van der Waals surface area contributed by atoms with Crippen LogP contribution in [0.3, 0.4) is 0 Å². The van der Waals surface area contributed by atoms with Crippen LogP contribution in [0, 0.1) is 0 Å². The van der Waals surface area contributed by atoms with E-state index in [4.69, 9.17) is 4.42 Å². The van der Waals surface area contributed by atoms with Gasteiger partial charge < -0.3 is 15.1 Å². The minimum atomic E-state index is -0.249. The van der Waals surface area contributed by atoms with Crippen molar-refractivity contribution in [2.45, 2.75) is 19.4 Å². The molecule has 0 unspecified atom stereocenters. The molecule has 2 aromatic rings. The Labute approximate surface area is 122 Å². The van der Waals surface area contributed by atoms with Gasteiger partial charge in [-0.25, -0.2) is 0 Å². The molecule has 110 valence electrons. The van der Waals surface area contributed by atoms with Crippen LogP contribution < -0.4 is 10.6 Å². The zero-order chi connectivity index (χ0) is 14.9. The first-order valence-electron chi connectivity index (χ1n) is 6.69. The summed E-state index contributed by atoms with van der Waals surface area (Å²) in [5.74, 6) is 0.263. The van der Waals surface area contributed by atoms with Gasteiger partial charge in [0.05, 0.1) is 19.4 Å². The number of amides is 2. The smallest absolute Gasteiger partial charge is 0.239 e. The minimum absolute atomic E-state index is 0.0351. The van der Waals surface area contributed by atoms with Crippen LogP contribution in [0.15, 0.2) is 47.3 Å². The highest BCUT2D eigenvalue weighted by Gasteiger charge is 2.06. The van der Waals surface area contributed by atoms with Gasteiger partial charge in [-0.2, -0.15) is 0 Å². The molecule has 0 atom stereocenters. The molecule has 0 aliphatic heterocycles. The Morgan fingerprint density at radius 3 is 2.76 bits per heavy atom. The zero-order valence-corrected chi connectivity index (χ0v) is 11.5. The number of aryl methyl sites for hydroxylation is 1. The summed E-state index contributed by atoms with van der Waals surface area (Å²) in [5, 5.41) is 5.24. The second kappa shape index (κ2) is 7.84. The van der Waals surface area contributed by atoms with E-state index in [0.717, 1.165) is 5.56 Å². The van der Waals surface area contributed by atoms with E-state index in [1.54, 1.807) is 30.8 Å². The summed E-state index contributed by atoms with van der Waals surface area (Å²) in [6, 6.07) is 7.26. The highest BCUT2D eigenvalue weighted by atomic mass is 16.3. The number of carbonyl (C=O) groups is 2. The first-order chi connectivity index (χ1) is 10.2. The van der Waals surface area contributed by atoms with Crippen molar-refractivity contribution >= 4 is 11.8 Å². The van der Waals surface area contributed by atoms with E-state index in [1.807, 2.05) is 12.1 Å². The SMILES string of the molecule is O=C(CCc1cccnc1)NCC(=O)NCc1ccco1. The molecule has 6 nitrogen and oxygen atoms in total. The third kappa shape index (κ3) is 5.48. The maximum atomic E-state index is 11.6. The standard InChI is InChI=1S/C15H17N3O3/c19-14(6-5-12-3-1-7-16-9-12)18-11-15(20)17-10-13-4-2-8-21-13/h1-4,7-9H,5-6,10-11H2,(H,17,20)(H,18,19). The fourth-order valence-electron chi connectivity index (χ4n) is 1.73. The normalized spacial score (nSPS) is 10.1. The fourth-order valence-corrected chi connectivity index (χ4v) is 1.73. The van der Waals surface area contributed by atoms with Crippen molar-refractivity contribution in [3.05, 3.63) is 54.2 Å². The average Bonchev–Trinajstić information content (AvgIpc) is 3.03. The molecule has 0 aliphatic carbocycles. The topological polar surface area (TPSA) is 84.2 Å². The molecule has 2 rings (SSSR count). The van der Waals surface area contributed by atoms with Crippen molar-refractivity contribution in [3.63, 3.8) is 0 Å². The highest BCUT2D eigenvalue weighted by molar-refractivity contribution is 5.84. The third-order valence-electron chi connectivity index (χ3n) is 2.85. The van der Waals surface area contributed by atoms with Gasteiger partial charge in [-0.1, -0.05) is 6.07 Å². The largest absolute Gasteiger partial charge is 0.467 e. The predicted molar refractivity (Wildman–Crippen MR) is 76.1 cm³/mol. The number of aromatic nitrogens is 1. The van der Waals surface area contributed by atoms with Crippen LogP contribution in [0.25, 0.3) is 0 Å². The molecule has 21 heavy (non-hydrogen) atoms. The van der Waals surface area contributed by atoms with Crippen LogP contribution in [0.5, 0.6) is 0 Å².